The Morgan fingerprint density at radius 2 is 1.96 bits per heavy atom. The van der Waals surface area contributed by atoms with Crippen LogP contribution in [-0.4, -0.2) is 29.7 Å². The molecule has 8 heteroatoms. The summed E-state index contributed by atoms with van der Waals surface area (Å²) in [6, 6.07) is 11.0. The van der Waals surface area contributed by atoms with Crippen LogP contribution >= 0.6 is 39.3 Å². The summed E-state index contributed by atoms with van der Waals surface area (Å²) in [5.74, 6) is 0.756. The first-order valence-electron chi connectivity index (χ1n) is 8.43. The van der Waals surface area contributed by atoms with Crippen molar-refractivity contribution < 1.29 is 19.1 Å². The topological polar surface area (TPSA) is 55.8 Å². The van der Waals surface area contributed by atoms with E-state index in [2.05, 4.69) is 15.9 Å². The van der Waals surface area contributed by atoms with Crippen molar-refractivity contribution in [3.8, 4) is 11.5 Å². The van der Waals surface area contributed by atoms with Crippen molar-refractivity contribution in [2.24, 2.45) is 0 Å². The molecule has 0 spiro atoms. The van der Waals surface area contributed by atoms with Gasteiger partial charge in [0.2, 0.25) is 0 Å². The number of imide groups is 1. The zero-order valence-corrected chi connectivity index (χ0v) is 18.4. The van der Waals surface area contributed by atoms with Crippen LogP contribution in [0.3, 0.4) is 0 Å². The van der Waals surface area contributed by atoms with Crippen molar-refractivity contribution in [1.29, 1.82) is 0 Å². The van der Waals surface area contributed by atoms with Gasteiger partial charge < -0.3 is 9.47 Å². The third kappa shape index (κ3) is 4.37. The van der Waals surface area contributed by atoms with E-state index in [-0.39, 0.29) is 17.8 Å². The maximum Gasteiger partial charge on any atom is 0.293 e. The van der Waals surface area contributed by atoms with Gasteiger partial charge in [-0.2, -0.15) is 0 Å². The minimum Gasteiger partial charge on any atom is -0.493 e. The molecule has 0 unspecified atom stereocenters. The van der Waals surface area contributed by atoms with E-state index in [1.54, 1.807) is 38.3 Å². The molecule has 0 atom stereocenters. The van der Waals surface area contributed by atoms with Crippen LogP contribution < -0.4 is 9.47 Å². The molecule has 2 aromatic carbocycles. The fourth-order valence-corrected chi connectivity index (χ4v) is 4.14. The van der Waals surface area contributed by atoms with Crippen LogP contribution in [0, 0.1) is 0 Å². The predicted octanol–water partition coefficient (Wildman–Crippen LogP) is 5.75. The molecule has 146 valence electrons. The second-order valence-electron chi connectivity index (χ2n) is 5.83. The van der Waals surface area contributed by atoms with E-state index in [0.717, 1.165) is 17.3 Å². The minimum absolute atomic E-state index is 0.262. The van der Waals surface area contributed by atoms with Gasteiger partial charge in [0.15, 0.2) is 11.5 Å². The molecule has 2 aromatic rings. The highest BCUT2D eigenvalue weighted by molar-refractivity contribution is 9.10. The number of halogens is 2. The zero-order valence-electron chi connectivity index (χ0n) is 15.2. The molecule has 3 rings (SSSR count). The van der Waals surface area contributed by atoms with Crippen LogP contribution in [0.1, 0.15) is 18.1 Å². The van der Waals surface area contributed by atoms with Gasteiger partial charge in [0.25, 0.3) is 11.1 Å². The van der Waals surface area contributed by atoms with Crippen LogP contribution in [-0.2, 0) is 11.4 Å². The van der Waals surface area contributed by atoms with Crippen molar-refractivity contribution in [2.75, 3.05) is 13.7 Å². The third-order valence-corrected chi connectivity index (χ3v) is 6.06. The standard InChI is InChI=1S/C20H17BrClNO4S/c1-3-23-19(24)18(28-20(23)25)9-13-8-16(26-2)17(10-14(13)21)27-11-12-6-4-5-7-15(12)22/h4-10H,3,11H2,1-2H3. The zero-order chi connectivity index (χ0) is 20.3. The maximum atomic E-state index is 12.3. The van der Waals surface area contributed by atoms with E-state index < -0.39 is 0 Å². The van der Waals surface area contributed by atoms with E-state index in [1.807, 2.05) is 18.2 Å². The molecule has 5 nitrogen and oxygen atoms in total. The Balaban J connectivity index is 1.86. The quantitative estimate of drug-likeness (QED) is 0.491. The molecule has 0 aromatic heterocycles. The normalized spacial score (nSPS) is 15.4. The van der Waals surface area contributed by atoms with Crippen LogP contribution in [0.25, 0.3) is 6.08 Å². The highest BCUT2D eigenvalue weighted by Gasteiger charge is 2.33. The molecule has 1 aliphatic rings. The molecule has 0 N–H and O–H groups in total. The monoisotopic (exact) mass is 481 g/mol. The number of nitrogens with zero attached hydrogens (tertiary/aromatic N) is 1. The van der Waals surface area contributed by atoms with Crippen LogP contribution in [0.4, 0.5) is 4.79 Å². The lowest BCUT2D eigenvalue weighted by Gasteiger charge is -2.13. The second kappa shape index (κ2) is 9.03. The smallest absolute Gasteiger partial charge is 0.293 e. The Bertz CT molecular complexity index is 963. The van der Waals surface area contributed by atoms with Gasteiger partial charge in [-0.25, -0.2) is 0 Å². The summed E-state index contributed by atoms with van der Waals surface area (Å²) in [5, 5.41) is 0.366. The average molecular weight is 483 g/mol. The van der Waals surface area contributed by atoms with Crippen molar-refractivity contribution in [1.82, 2.24) is 4.90 Å². The number of hydrogen-bond acceptors (Lipinski definition) is 5. The number of thioether (sulfide) groups is 1. The van der Waals surface area contributed by atoms with Gasteiger partial charge >= 0.3 is 0 Å². The van der Waals surface area contributed by atoms with Crippen molar-refractivity contribution in [3.05, 3.63) is 61.9 Å². The summed E-state index contributed by atoms with van der Waals surface area (Å²) in [6.45, 7) is 2.40. The summed E-state index contributed by atoms with van der Waals surface area (Å²) in [6.07, 6.45) is 1.67. The summed E-state index contributed by atoms with van der Waals surface area (Å²) >= 11 is 10.6. The van der Waals surface area contributed by atoms with Gasteiger partial charge in [0.05, 0.1) is 12.0 Å². The van der Waals surface area contributed by atoms with E-state index >= 15 is 0 Å². The highest BCUT2D eigenvalue weighted by Crippen LogP contribution is 2.38. The van der Waals surface area contributed by atoms with E-state index in [4.69, 9.17) is 21.1 Å². The molecule has 1 saturated heterocycles. The molecule has 28 heavy (non-hydrogen) atoms. The summed E-state index contributed by atoms with van der Waals surface area (Å²) in [5.41, 5.74) is 1.57. The molecule has 2 amide bonds. The molecule has 1 heterocycles. The fourth-order valence-electron chi connectivity index (χ4n) is 2.62. The number of carbonyl (C=O) groups excluding carboxylic acids is 2. The molecular weight excluding hydrogens is 466 g/mol. The Morgan fingerprint density at radius 1 is 1.21 bits per heavy atom. The Labute approximate surface area is 180 Å². The first-order chi connectivity index (χ1) is 13.4. The van der Waals surface area contributed by atoms with Gasteiger partial charge in [-0.05, 0) is 48.5 Å². The SMILES string of the molecule is CCN1C(=O)SC(=Cc2cc(OC)c(OCc3ccccc3Cl)cc2Br)C1=O. The number of methoxy groups -OCH3 is 1. The van der Waals surface area contributed by atoms with Crippen molar-refractivity contribution >= 4 is 56.5 Å². The lowest BCUT2D eigenvalue weighted by molar-refractivity contribution is -0.122. The third-order valence-electron chi connectivity index (χ3n) is 4.10. The first kappa shape index (κ1) is 20.8. The fraction of sp³-hybridized carbons (Fsp3) is 0.200. The summed E-state index contributed by atoms with van der Waals surface area (Å²) in [7, 11) is 1.54. The largest absolute Gasteiger partial charge is 0.493 e. The second-order valence-corrected chi connectivity index (χ2v) is 8.09. The number of rotatable bonds is 6. The molecule has 0 radical (unpaired) electrons. The average Bonchev–Trinajstić information content (AvgIpc) is 2.95. The number of ether oxygens (including phenoxy) is 2. The molecule has 1 aliphatic heterocycles. The molecule has 1 fully saturated rings. The predicted molar refractivity (Wildman–Crippen MR) is 115 cm³/mol. The van der Waals surface area contributed by atoms with Crippen LogP contribution in [0.5, 0.6) is 11.5 Å². The van der Waals surface area contributed by atoms with Crippen LogP contribution in [0.15, 0.2) is 45.8 Å². The van der Waals surface area contributed by atoms with Crippen molar-refractivity contribution in [2.45, 2.75) is 13.5 Å². The van der Waals surface area contributed by atoms with Crippen LogP contribution in [0.2, 0.25) is 5.02 Å². The summed E-state index contributed by atoms with van der Waals surface area (Å²) < 4.78 is 12.0. The van der Waals surface area contributed by atoms with Gasteiger partial charge in [-0.15, -0.1) is 0 Å². The number of hydrogen-bond donors (Lipinski definition) is 0. The summed E-state index contributed by atoms with van der Waals surface area (Å²) in [4.78, 5) is 25.8. The van der Waals surface area contributed by atoms with Crippen molar-refractivity contribution in [3.63, 3.8) is 0 Å². The molecule has 0 saturated carbocycles. The first-order valence-corrected chi connectivity index (χ1v) is 10.4. The molecule has 0 aliphatic carbocycles. The number of benzene rings is 2. The minimum atomic E-state index is -0.289. The van der Waals surface area contributed by atoms with E-state index in [9.17, 15) is 9.59 Å². The maximum absolute atomic E-state index is 12.3. The molecule has 0 bridgehead atoms. The van der Waals surface area contributed by atoms with Gasteiger partial charge in [0, 0.05) is 21.6 Å². The number of likely N-dealkylation sites (N-methyl/N-ethyl adjacent to an activating group) is 1. The Kier molecular flexibility index (Phi) is 6.69. The number of carbonyl (C=O) groups is 2. The van der Waals surface area contributed by atoms with Gasteiger partial charge in [-0.1, -0.05) is 45.7 Å². The Morgan fingerprint density at radius 3 is 2.61 bits per heavy atom. The van der Waals surface area contributed by atoms with E-state index in [0.29, 0.717) is 38.0 Å². The van der Waals surface area contributed by atoms with Gasteiger partial charge in [0.1, 0.15) is 6.61 Å². The molecular formula is C20H17BrClNO4S. The van der Waals surface area contributed by atoms with Gasteiger partial charge in [-0.3, -0.25) is 14.5 Å². The lowest BCUT2D eigenvalue weighted by atomic mass is 10.1. The Hall–Kier alpha value is -1.96. The highest BCUT2D eigenvalue weighted by atomic mass is 79.9. The lowest BCUT2D eigenvalue weighted by Crippen LogP contribution is -2.27. The number of amides is 2. The van der Waals surface area contributed by atoms with E-state index in [1.165, 1.54) is 4.90 Å².